The molecule has 3 rings (SSSR count). The van der Waals surface area contributed by atoms with E-state index in [4.69, 9.17) is 4.74 Å². The fourth-order valence-corrected chi connectivity index (χ4v) is 2.97. The number of carbonyl (C=O) groups is 4. The number of ether oxygens (including phenoxy) is 1. The molecule has 1 fully saturated rings. The molecule has 1 aliphatic heterocycles. The number of anilines is 2. The van der Waals surface area contributed by atoms with Gasteiger partial charge in [0.05, 0.1) is 5.56 Å². The molecule has 28 heavy (non-hydrogen) atoms. The van der Waals surface area contributed by atoms with Crippen molar-refractivity contribution in [3.8, 4) is 0 Å². The maximum Gasteiger partial charge on any atom is 0.338 e. The Bertz CT molecular complexity index is 921. The first kappa shape index (κ1) is 19.3. The summed E-state index contributed by atoms with van der Waals surface area (Å²) in [7, 11) is 0. The van der Waals surface area contributed by atoms with Crippen molar-refractivity contribution in [2.75, 3.05) is 23.4 Å². The summed E-state index contributed by atoms with van der Waals surface area (Å²) in [5.41, 5.74) is 1.86. The van der Waals surface area contributed by atoms with Gasteiger partial charge in [0, 0.05) is 36.8 Å². The standard InChI is InChI=1S/C21H20N2O5/c1-14(24)22-17-5-2-4-16(12-17)21(27)28-13-19(25)15-7-9-18(10-8-15)23-11-3-6-20(23)26/h2,4-5,7-10,12H,3,6,11,13H2,1H3,(H,22,24). The lowest BCUT2D eigenvalue weighted by molar-refractivity contribution is -0.117. The zero-order valence-corrected chi connectivity index (χ0v) is 15.4. The van der Waals surface area contributed by atoms with Crippen molar-refractivity contribution in [1.82, 2.24) is 0 Å². The largest absolute Gasteiger partial charge is 0.454 e. The third-order valence-corrected chi connectivity index (χ3v) is 4.33. The molecule has 1 saturated heterocycles. The second-order valence-corrected chi connectivity index (χ2v) is 6.46. The first-order valence-electron chi connectivity index (χ1n) is 8.92. The summed E-state index contributed by atoms with van der Waals surface area (Å²) >= 11 is 0. The monoisotopic (exact) mass is 380 g/mol. The highest BCUT2D eigenvalue weighted by atomic mass is 16.5. The maximum absolute atomic E-state index is 12.3. The van der Waals surface area contributed by atoms with E-state index in [1.807, 2.05) is 0 Å². The van der Waals surface area contributed by atoms with Crippen LogP contribution in [-0.4, -0.2) is 36.7 Å². The van der Waals surface area contributed by atoms with Crippen molar-refractivity contribution in [2.24, 2.45) is 0 Å². The average Bonchev–Trinajstić information content (AvgIpc) is 3.11. The van der Waals surface area contributed by atoms with Gasteiger partial charge in [0.2, 0.25) is 11.8 Å². The number of esters is 1. The molecule has 0 atom stereocenters. The van der Waals surface area contributed by atoms with Gasteiger partial charge in [-0.3, -0.25) is 14.4 Å². The van der Waals surface area contributed by atoms with Crippen molar-refractivity contribution >= 4 is 34.9 Å². The third kappa shape index (κ3) is 4.62. The van der Waals surface area contributed by atoms with Crippen molar-refractivity contribution in [3.63, 3.8) is 0 Å². The van der Waals surface area contributed by atoms with Gasteiger partial charge >= 0.3 is 5.97 Å². The summed E-state index contributed by atoms with van der Waals surface area (Å²) in [6.07, 6.45) is 1.37. The second kappa shape index (κ2) is 8.47. The maximum atomic E-state index is 12.3. The molecule has 7 nitrogen and oxygen atoms in total. The number of ketones is 1. The van der Waals surface area contributed by atoms with Crippen LogP contribution in [0.5, 0.6) is 0 Å². The van der Waals surface area contributed by atoms with Crippen LogP contribution in [0.1, 0.15) is 40.5 Å². The van der Waals surface area contributed by atoms with Crippen LogP contribution in [0.2, 0.25) is 0 Å². The van der Waals surface area contributed by atoms with Crippen LogP contribution >= 0.6 is 0 Å². The fourth-order valence-electron chi connectivity index (χ4n) is 2.97. The second-order valence-electron chi connectivity index (χ2n) is 6.46. The van der Waals surface area contributed by atoms with E-state index in [0.29, 0.717) is 24.2 Å². The average molecular weight is 380 g/mol. The minimum atomic E-state index is -0.653. The van der Waals surface area contributed by atoms with Crippen LogP contribution in [0.4, 0.5) is 11.4 Å². The van der Waals surface area contributed by atoms with E-state index < -0.39 is 12.6 Å². The zero-order chi connectivity index (χ0) is 20.1. The van der Waals surface area contributed by atoms with Crippen molar-refractivity contribution in [2.45, 2.75) is 19.8 Å². The Morgan fingerprint density at radius 3 is 2.46 bits per heavy atom. The number of amides is 2. The number of nitrogens with zero attached hydrogens (tertiary/aromatic N) is 1. The highest BCUT2D eigenvalue weighted by Crippen LogP contribution is 2.21. The summed E-state index contributed by atoms with van der Waals surface area (Å²) in [5, 5.41) is 2.58. The summed E-state index contributed by atoms with van der Waals surface area (Å²) in [6.45, 7) is 1.65. The molecule has 144 valence electrons. The van der Waals surface area contributed by atoms with Crippen LogP contribution < -0.4 is 10.2 Å². The van der Waals surface area contributed by atoms with Crippen LogP contribution in [0.15, 0.2) is 48.5 Å². The molecule has 0 aromatic heterocycles. The molecule has 1 N–H and O–H groups in total. The number of carbonyl (C=O) groups excluding carboxylic acids is 4. The molecular weight excluding hydrogens is 360 g/mol. The zero-order valence-electron chi connectivity index (χ0n) is 15.4. The van der Waals surface area contributed by atoms with Crippen LogP contribution in [-0.2, 0) is 14.3 Å². The van der Waals surface area contributed by atoms with E-state index in [0.717, 1.165) is 12.1 Å². The van der Waals surface area contributed by atoms with E-state index in [1.165, 1.54) is 13.0 Å². The molecule has 0 spiro atoms. The third-order valence-electron chi connectivity index (χ3n) is 4.33. The molecular formula is C21H20N2O5. The first-order chi connectivity index (χ1) is 13.4. The number of hydrogen-bond acceptors (Lipinski definition) is 5. The SMILES string of the molecule is CC(=O)Nc1cccc(C(=O)OCC(=O)c2ccc(N3CCCC3=O)cc2)c1. The lowest BCUT2D eigenvalue weighted by atomic mass is 10.1. The van der Waals surface area contributed by atoms with E-state index in [9.17, 15) is 19.2 Å². The summed E-state index contributed by atoms with van der Waals surface area (Å²) in [5.74, 6) is -1.17. The van der Waals surface area contributed by atoms with Gasteiger partial charge in [-0.1, -0.05) is 6.07 Å². The molecule has 1 aliphatic rings. The number of hydrogen-bond donors (Lipinski definition) is 1. The molecule has 1 heterocycles. The highest BCUT2D eigenvalue weighted by Gasteiger charge is 2.21. The van der Waals surface area contributed by atoms with E-state index in [1.54, 1.807) is 47.4 Å². The Balaban J connectivity index is 1.58. The molecule has 0 saturated carbocycles. The minimum Gasteiger partial charge on any atom is -0.454 e. The molecule has 2 amide bonds. The van der Waals surface area contributed by atoms with E-state index >= 15 is 0 Å². The molecule has 7 heteroatoms. The first-order valence-corrected chi connectivity index (χ1v) is 8.92. The predicted molar refractivity (Wildman–Crippen MR) is 103 cm³/mol. The Hall–Kier alpha value is -3.48. The minimum absolute atomic E-state index is 0.0782. The Morgan fingerprint density at radius 1 is 1.07 bits per heavy atom. The lowest BCUT2D eigenvalue weighted by Crippen LogP contribution is -2.23. The van der Waals surface area contributed by atoms with Crippen molar-refractivity contribution < 1.29 is 23.9 Å². The van der Waals surface area contributed by atoms with Crippen molar-refractivity contribution in [1.29, 1.82) is 0 Å². The topological polar surface area (TPSA) is 92.8 Å². The van der Waals surface area contributed by atoms with Crippen molar-refractivity contribution in [3.05, 3.63) is 59.7 Å². The number of rotatable bonds is 6. The van der Waals surface area contributed by atoms with Crippen LogP contribution in [0.3, 0.4) is 0 Å². The van der Waals surface area contributed by atoms with E-state index in [2.05, 4.69) is 5.32 Å². The van der Waals surface area contributed by atoms with Gasteiger partial charge in [-0.15, -0.1) is 0 Å². The summed E-state index contributed by atoms with van der Waals surface area (Å²) < 4.78 is 5.09. The number of Topliss-reactive ketones (excluding diaryl/α,β-unsaturated/α-hetero) is 1. The molecule has 2 aromatic rings. The van der Waals surface area contributed by atoms with Gasteiger partial charge in [-0.2, -0.15) is 0 Å². The van der Waals surface area contributed by atoms with Gasteiger partial charge in [0.25, 0.3) is 0 Å². The van der Waals surface area contributed by atoms with Gasteiger partial charge in [-0.25, -0.2) is 4.79 Å². The highest BCUT2D eigenvalue weighted by molar-refractivity contribution is 6.01. The molecule has 0 unspecified atom stereocenters. The smallest absolute Gasteiger partial charge is 0.338 e. The normalized spacial score (nSPS) is 13.3. The molecule has 2 aromatic carbocycles. The Labute approximate surface area is 162 Å². The Kier molecular flexibility index (Phi) is 5.84. The molecule has 0 radical (unpaired) electrons. The quantitative estimate of drug-likeness (QED) is 0.614. The van der Waals surface area contributed by atoms with E-state index in [-0.39, 0.29) is 23.2 Å². The van der Waals surface area contributed by atoms with Gasteiger partial charge in [0.15, 0.2) is 12.4 Å². The summed E-state index contributed by atoms with van der Waals surface area (Å²) in [4.78, 5) is 49.0. The molecule has 0 aliphatic carbocycles. The van der Waals surface area contributed by atoms with Crippen LogP contribution in [0.25, 0.3) is 0 Å². The summed E-state index contributed by atoms with van der Waals surface area (Å²) in [6, 6.07) is 13.0. The lowest BCUT2D eigenvalue weighted by Gasteiger charge is -2.15. The van der Waals surface area contributed by atoms with Gasteiger partial charge < -0.3 is 15.0 Å². The molecule has 0 bridgehead atoms. The predicted octanol–water partition coefficient (Wildman–Crippen LogP) is 2.81. The Morgan fingerprint density at radius 2 is 1.82 bits per heavy atom. The van der Waals surface area contributed by atoms with Gasteiger partial charge in [-0.05, 0) is 48.9 Å². The fraction of sp³-hybridized carbons (Fsp3) is 0.238. The number of benzene rings is 2. The van der Waals surface area contributed by atoms with Crippen LogP contribution in [0, 0.1) is 0 Å². The van der Waals surface area contributed by atoms with Gasteiger partial charge in [0.1, 0.15) is 0 Å². The number of nitrogens with one attached hydrogen (secondary N) is 1.